The molecule has 1 aliphatic rings. The number of carbonyl (C=O) groups excluding carboxylic acids is 1. The van der Waals surface area contributed by atoms with Crippen molar-refractivity contribution in [1.82, 2.24) is 0 Å². The van der Waals surface area contributed by atoms with Gasteiger partial charge in [0.2, 0.25) is 5.60 Å². The second-order valence-electron chi connectivity index (χ2n) is 4.71. The molecule has 0 amide bonds. The molecular formula is C15H12F4O3. The van der Waals surface area contributed by atoms with E-state index in [1.54, 1.807) is 0 Å². The summed E-state index contributed by atoms with van der Waals surface area (Å²) in [5.74, 6) is -2.43. The van der Waals surface area contributed by atoms with E-state index in [1.165, 1.54) is 12.1 Å². The van der Waals surface area contributed by atoms with Gasteiger partial charge in [0.25, 0.3) is 0 Å². The molecule has 1 unspecified atom stereocenters. The van der Waals surface area contributed by atoms with Gasteiger partial charge in [-0.2, -0.15) is 13.2 Å². The van der Waals surface area contributed by atoms with Crippen molar-refractivity contribution in [2.75, 3.05) is 7.11 Å². The summed E-state index contributed by atoms with van der Waals surface area (Å²) in [4.78, 5) is 11.6. The van der Waals surface area contributed by atoms with Gasteiger partial charge in [0, 0.05) is 17.6 Å². The number of hydrogen-bond acceptors (Lipinski definition) is 3. The minimum absolute atomic E-state index is 0.292. The lowest BCUT2D eigenvalue weighted by Gasteiger charge is -2.39. The second kappa shape index (κ2) is 5.47. The van der Waals surface area contributed by atoms with E-state index in [2.05, 4.69) is 11.3 Å². The van der Waals surface area contributed by atoms with Crippen molar-refractivity contribution in [3.8, 4) is 0 Å². The monoisotopic (exact) mass is 316 g/mol. The molecule has 0 saturated heterocycles. The first kappa shape index (κ1) is 16.1. The summed E-state index contributed by atoms with van der Waals surface area (Å²) in [6.07, 6.45) is -4.81. The molecule has 0 saturated carbocycles. The van der Waals surface area contributed by atoms with Crippen LogP contribution in [0.25, 0.3) is 0 Å². The summed E-state index contributed by atoms with van der Waals surface area (Å²) >= 11 is 0. The zero-order valence-electron chi connectivity index (χ0n) is 11.5. The SMILES string of the molecule is C=C1C=C(C(=O)OC)CC(c2ccccc2F)(C(F)(F)F)O1. The number of rotatable bonds is 2. The third-order valence-electron chi connectivity index (χ3n) is 3.29. The summed E-state index contributed by atoms with van der Waals surface area (Å²) in [6, 6.07) is 4.38. The number of ether oxygens (including phenoxy) is 2. The van der Waals surface area contributed by atoms with Crippen LogP contribution in [0.2, 0.25) is 0 Å². The van der Waals surface area contributed by atoms with E-state index < -0.39 is 41.3 Å². The van der Waals surface area contributed by atoms with Crippen LogP contribution in [0, 0.1) is 5.82 Å². The Labute approximate surface area is 123 Å². The fraction of sp³-hybridized carbons (Fsp3) is 0.267. The van der Waals surface area contributed by atoms with Crippen molar-refractivity contribution in [3.05, 3.63) is 59.6 Å². The molecular weight excluding hydrogens is 304 g/mol. The summed E-state index contributed by atoms with van der Waals surface area (Å²) in [5, 5.41) is 0. The smallest absolute Gasteiger partial charge is 0.433 e. The van der Waals surface area contributed by atoms with Gasteiger partial charge in [-0.25, -0.2) is 9.18 Å². The molecule has 7 heteroatoms. The summed E-state index contributed by atoms with van der Waals surface area (Å²) < 4.78 is 64.3. The highest BCUT2D eigenvalue weighted by atomic mass is 19.4. The third-order valence-corrected chi connectivity index (χ3v) is 3.29. The van der Waals surface area contributed by atoms with Gasteiger partial charge in [0.1, 0.15) is 11.6 Å². The lowest BCUT2D eigenvalue weighted by molar-refractivity contribution is -0.274. The van der Waals surface area contributed by atoms with Gasteiger partial charge in [-0.05, 0) is 12.1 Å². The van der Waals surface area contributed by atoms with Crippen LogP contribution in [0.15, 0.2) is 48.3 Å². The predicted molar refractivity (Wildman–Crippen MR) is 69.1 cm³/mol. The first-order valence-corrected chi connectivity index (χ1v) is 6.20. The molecule has 118 valence electrons. The zero-order chi connectivity index (χ0) is 16.5. The van der Waals surface area contributed by atoms with Crippen molar-refractivity contribution in [3.63, 3.8) is 0 Å². The van der Waals surface area contributed by atoms with Crippen molar-refractivity contribution in [1.29, 1.82) is 0 Å². The van der Waals surface area contributed by atoms with E-state index in [0.29, 0.717) is 0 Å². The number of alkyl halides is 3. The van der Waals surface area contributed by atoms with Gasteiger partial charge in [0.05, 0.1) is 7.11 Å². The molecule has 0 spiro atoms. The fourth-order valence-electron chi connectivity index (χ4n) is 2.31. The van der Waals surface area contributed by atoms with Crippen LogP contribution >= 0.6 is 0 Å². The molecule has 22 heavy (non-hydrogen) atoms. The number of carbonyl (C=O) groups is 1. The van der Waals surface area contributed by atoms with Crippen LogP contribution < -0.4 is 0 Å². The zero-order valence-corrected chi connectivity index (χ0v) is 11.5. The fourth-order valence-corrected chi connectivity index (χ4v) is 2.31. The molecule has 1 aromatic rings. The van der Waals surface area contributed by atoms with Crippen LogP contribution in [0.1, 0.15) is 12.0 Å². The molecule has 1 aliphatic heterocycles. The highest BCUT2D eigenvalue weighted by Crippen LogP contribution is 2.50. The van der Waals surface area contributed by atoms with E-state index >= 15 is 0 Å². The summed E-state index contributed by atoms with van der Waals surface area (Å²) in [5.41, 5.74) is -4.02. The molecule has 2 rings (SSSR count). The molecule has 0 N–H and O–H groups in total. The van der Waals surface area contributed by atoms with E-state index in [-0.39, 0.29) is 5.57 Å². The minimum Gasteiger partial charge on any atom is -0.473 e. The molecule has 0 bridgehead atoms. The normalized spacial score (nSPS) is 21.9. The third kappa shape index (κ3) is 2.58. The quantitative estimate of drug-likeness (QED) is 0.617. The van der Waals surface area contributed by atoms with Crippen LogP contribution in [-0.2, 0) is 19.9 Å². The van der Waals surface area contributed by atoms with Gasteiger partial charge < -0.3 is 9.47 Å². The van der Waals surface area contributed by atoms with E-state index in [1.807, 2.05) is 0 Å². The van der Waals surface area contributed by atoms with Crippen LogP contribution in [0.5, 0.6) is 0 Å². The van der Waals surface area contributed by atoms with Crippen LogP contribution in [-0.4, -0.2) is 19.3 Å². The van der Waals surface area contributed by atoms with Crippen LogP contribution in [0.4, 0.5) is 17.6 Å². The first-order valence-electron chi connectivity index (χ1n) is 6.20. The number of halogens is 4. The first-order chi connectivity index (χ1) is 10.2. The van der Waals surface area contributed by atoms with Gasteiger partial charge in [-0.3, -0.25) is 0 Å². The maximum absolute atomic E-state index is 13.9. The Morgan fingerprint density at radius 2 is 2.00 bits per heavy atom. The number of hydrogen-bond donors (Lipinski definition) is 0. The topological polar surface area (TPSA) is 35.5 Å². The van der Waals surface area contributed by atoms with Crippen molar-refractivity contribution in [2.24, 2.45) is 0 Å². The molecule has 0 aliphatic carbocycles. The van der Waals surface area contributed by atoms with E-state index in [4.69, 9.17) is 4.74 Å². The number of benzene rings is 1. The molecule has 0 radical (unpaired) electrons. The molecule has 1 atom stereocenters. The van der Waals surface area contributed by atoms with Crippen molar-refractivity contribution >= 4 is 5.97 Å². The average Bonchev–Trinajstić information content (AvgIpc) is 2.45. The number of methoxy groups -OCH3 is 1. The maximum Gasteiger partial charge on any atom is 0.433 e. The van der Waals surface area contributed by atoms with Crippen LogP contribution in [0.3, 0.4) is 0 Å². The maximum atomic E-state index is 13.9. The van der Waals surface area contributed by atoms with Gasteiger partial charge in [0.15, 0.2) is 0 Å². The second-order valence-corrected chi connectivity index (χ2v) is 4.71. The highest BCUT2D eigenvalue weighted by Gasteiger charge is 2.61. The Balaban J connectivity index is 2.63. The Kier molecular flexibility index (Phi) is 4.00. The lowest BCUT2D eigenvalue weighted by Crippen LogP contribution is -2.47. The number of allylic oxidation sites excluding steroid dienone is 1. The summed E-state index contributed by atoms with van der Waals surface area (Å²) in [7, 11) is 1.04. The predicted octanol–water partition coefficient (Wildman–Crippen LogP) is 3.62. The van der Waals surface area contributed by atoms with Gasteiger partial charge >= 0.3 is 12.1 Å². The Bertz CT molecular complexity index is 648. The molecule has 0 fully saturated rings. The molecule has 1 heterocycles. The largest absolute Gasteiger partial charge is 0.473 e. The average molecular weight is 316 g/mol. The Hall–Kier alpha value is -2.31. The minimum atomic E-state index is -4.97. The van der Waals surface area contributed by atoms with Gasteiger partial charge in [-0.15, -0.1) is 0 Å². The summed E-state index contributed by atoms with van der Waals surface area (Å²) in [6.45, 7) is 3.32. The van der Waals surface area contributed by atoms with Crippen molar-refractivity contribution in [2.45, 2.75) is 18.2 Å². The van der Waals surface area contributed by atoms with Crippen molar-refractivity contribution < 1.29 is 31.8 Å². The highest BCUT2D eigenvalue weighted by molar-refractivity contribution is 5.89. The lowest BCUT2D eigenvalue weighted by atomic mass is 9.83. The molecule has 3 nitrogen and oxygen atoms in total. The molecule has 1 aromatic carbocycles. The number of esters is 1. The Morgan fingerprint density at radius 1 is 1.36 bits per heavy atom. The Morgan fingerprint density at radius 3 is 2.55 bits per heavy atom. The van der Waals surface area contributed by atoms with E-state index in [0.717, 1.165) is 25.3 Å². The van der Waals surface area contributed by atoms with Gasteiger partial charge in [-0.1, -0.05) is 24.8 Å². The molecule has 0 aromatic heterocycles. The van der Waals surface area contributed by atoms with E-state index in [9.17, 15) is 22.4 Å². The standard InChI is InChI=1S/C15H12F4O3/c1-9-7-10(13(20)21-2)8-14(22-9,15(17,18)19)11-5-3-4-6-12(11)16/h3-7H,1,8H2,2H3.